The average Bonchev–Trinajstić information content (AvgIpc) is 3.16. The molecular formula is C14H10N4O3S2. The lowest BCUT2D eigenvalue weighted by Crippen LogP contribution is -2.12. The van der Waals surface area contributed by atoms with Crippen LogP contribution in [0.1, 0.15) is 11.1 Å². The highest BCUT2D eigenvalue weighted by Crippen LogP contribution is 2.26. The summed E-state index contributed by atoms with van der Waals surface area (Å²) in [4.78, 5) is 0. The third kappa shape index (κ3) is 3.08. The van der Waals surface area contributed by atoms with Crippen molar-refractivity contribution in [3.63, 3.8) is 0 Å². The van der Waals surface area contributed by atoms with Crippen molar-refractivity contribution in [3.8, 4) is 17.5 Å². The summed E-state index contributed by atoms with van der Waals surface area (Å²) in [6.07, 6.45) is 0. The molecule has 7 nitrogen and oxygen atoms in total. The van der Waals surface area contributed by atoms with Gasteiger partial charge in [-0.1, -0.05) is 11.2 Å². The number of benzene rings is 1. The van der Waals surface area contributed by atoms with Gasteiger partial charge in [0.25, 0.3) is 10.0 Å². The molecule has 3 aromatic rings. The Labute approximate surface area is 136 Å². The molecule has 0 aliphatic heterocycles. The zero-order valence-corrected chi connectivity index (χ0v) is 13.5. The minimum absolute atomic E-state index is 0.128. The number of aryl methyl sites for hydroxylation is 1. The molecule has 1 aromatic carbocycles. The van der Waals surface area contributed by atoms with Crippen LogP contribution in [0.15, 0.2) is 44.3 Å². The van der Waals surface area contributed by atoms with Crippen LogP contribution in [-0.2, 0) is 10.0 Å². The molecule has 1 N–H and O–H groups in total. The first-order chi connectivity index (χ1) is 11.0. The number of nitrogens with one attached hydrogen (secondary N) is 1. The summed E-state index contributed by atoms with van der Waals surface area (Å²) in [5.41, 5.74) is 1.62. The lowest BCUT2D eigenvalue weighted by Gasteiger charge is -2.02. The van der Waals surface area contributed by atoms with Gasteiger partial charge >= 0.3 is 6.01 Å². The second-order valence-corrected chi connectivity index (χ2v) is 7.40. The van der Waals surface area contributed by atoms with E-state index in [0.717, 1.165) is 11.3 Å². The Hall–Kier alpha value is -2.70. The van der Waals surface area contributed by atoms with Crippen molar-refractivity contribution in [3.05, 3.63) is 46.8 Å². The highest BCUT2D eigenvalue weighted by Gasteiger charge is 2.21. The number of anilines is 1. The fraction of sp³-hybridized carbons (Fsp3) is 0.0714. The Morgan fingerprint density at radius 1 is 1.30 bits per heavy atom. The predicted octanol–water partition coefficient (Wildman–Crippen LogP) is 2.78. The minimum atomic E-state index is -3.76. The Morgan fingerprint density at radius 3 is 2.83 bits per heavy atom. The van der Waals surface area contributed by atoms with Gasteiger partial charge < -0.3 is 4.42 Å². The van der Waals surface area contributed by atoms with Crippen molar-refractivity contribution in [1.29, 1.82) is 5.26 Å². The van der Waals surface area contributed by atoms with Gasteiger partial charge in [-0.3, -0.25) is 0 Å². The van der Waals surface area contributed by atoms with E-state index >= 15 is 0 Å². The molecule has 0 bridgehead atoms. The van der Waals surface area contributed by atoms with Gasteiger partial charge in [0.05, 0.1) is 11.6 Å². The summed E-state index contributed by atoms with van der Waals surface area (Å²) < 4.78 is 32.3. The highest BCUT2D eigenvalue weighted by molar-refractivity contribution is 7.94. The molecular weight excluding hydrogens is 336 g/mol. The molecule has 0 saturated heterocycles. The molecule has 2 aromatic heterocycles. The van der Waals surface area contributed by atoms with Crippen molar-refractivity contribution in [2.45, 2.75) is 11.1 Å². The van der Waals surface area contributed by atoms with Gasteiger partial charge in [-0.2, -0.15) is 5.26 Å². The third-order valence-electron chi connectivity index (χ3n) is 2.94. The van der Waals surface area contributed by atoms with Gasteiger partial charge in [-0.15, -0.1) is 16.4 Å². The predicted molar refractivity (Wildman–Crippen MR) is 84.3 cm³/mol. The fourth-order valence-electron chi connectivity index (χ4n) is 1.90. The smallest absolute Gasteiger partial charge is 0.330 e. The molecule has 3 rings (SSSR count). The highest BCUT2D eigenvalue weighted by atomic mass is 32.2. The van der Waals surface area contributed by atoms with Crippen LogP contribution in [0.5, 0.6) is 0 Å². The van der Waals surface area contributed by atoms with Crippen LogP contribution in [0.4, 0.5) is 6.01 Å². The summed E-state index contributed by atoms with van der Waals surface area (Å²) in [6, 6.07) is 10.1. The summed E-state index contributed by atoms with van der Waals surface area (Å²) >= 11 is 1.11. The summed E-state index contributed by atoms with van der Waals surface area (Å²) in [5.74, 6) is 0.128. The summed E-state index contributed by atoms with van der Waals surface area (Å²) in [5, 5.41) is 18.1. The largest absolute Gasteiger partial charge is 0.403 e. The van der Waals surface area contributed by atoms with Gasteiger partial charge in [0.1, 0.15) is 4.21 Å². The maximum atomic E-state index is 12.3. The SMILES string of the molecule is Cc1ccsc1S(=O)(=O)Nc1nnc(-c2cccc(C#N)c2)o1. The number of nitrogens with zero attached hydrogens (tertiary/aromatic N) is 3. The van der Waals surface area contributed by atoms with Gasteiger partial charge in [0, 0.05) is 5.56 Å². The Bertz CT molecular complexity index is 999. The maximum absolute atomic E-state index is 12.3. The molecule has 0 spiro atoms. The Balaban J connectivity index is 1.88. The molecule has 0 amide bonds. The number of aromatic nitrogens is 2. The molecule has 23 heavy (non-hydrogen) atoms. The minimum Gasteiger partial charge on any atom is -0.403 e. The van der Waals surface area contributed by atoms with Crippen molar-refractivity contribution in [2.24, 2.45) is 0 Å². The topological polar surface area (TPSA) is 109 Å². The number of thiophene rings is 1. The van der Waals surface area contributed by atoms with E-state index in [1.54, 1.807) is 42.6 Å². The van der Waals surface area contributed by atoms with Crippen molar-refractivity contribution in [2.75, 3.05) is 4.72 Å². The van der Waals surface area contributed by atoms with Crippen LogP contribution in [0.2, 0.25) is 0 Å². The van der Waals surface area contributed by atoms with E-state index in [0.29, 0.717) is 16.7 Å². The van der Waals surface area contributed by atoms with E-state index in [9.17, 15) is 8.42 Å². The third-order valence-corrected chi connectivity index (χ3v) is 5.95. The van der Waals surface area contributed by atoms with Crippen LogP contribution >= 0.6 is 11.3 Å². The standard InChI is InChI=1S/C14H10N4O3S2/c1-9-5-6-22-13(9)23(19,20)18-14-17-16-12(21-14)11-4-2-3-10(7-11)8-15/h2-7H,1H3,(H,17,18). The average molecular weight is 346 g/mol. The zero-order chi connectivity index (χ0) is 16.4. The quantitative estimate of drug-likeness (QED) is 0.778. The van der Waals surface area contributed by atoms with Gasteiger partial charge in [-0.25, -0.2) is 13.1 Å². The van der Waals surface area contributed by atoms with Gasteiger partial charge in [-0.05, 0) is 42.1 Å². The first-order valence-electron chi connectivity index (χ1n) is 6.40. The molecule has 0 fully saturated rings. The Morgan fingerprint density at radius 2 is 2.13 bits per heavy atom. The van der Waals surface area contributed by atoms with Crippen molar-refractivity contribution >= 4 is 27.4 Å². The lowest BCUT2D eigenvalue weighted by molar-refractivity contribution is 0.578. The van der Waals surface area contributed by atoms with E-state index in [2.05, 4.69) is 14.9 Å². The first kappa shape index (κ1) is 15.2. The Kier molecular flexibility index (Phi) is 3.85. The molecule has 9 heteroatoms. The second-order valence-electron chi connectivity index (χ2n) is 4.60. The van der Waals surface area contributed by atoms with E-state index in [1.165, 1.54) is 0 Å². The van der Waals surface area contributed by atoms with Gasteiger partial charge in [0.2, 0.25) is 5.89 Å². The van der Waals surface area contributed by atoms with Crippen LogP contribution in [0.3, 0.4) is 0 Å². The monoisotopic (exact) mass is 346 g/mol. The molecule has 0 unspecified atom stereocenters. The zero-order valence-electron chi connectivity index (χ0n) is 11.8. The molecule has 116 valence electrons. The number of rotatable bonds is 4. The van der Waals surface area contributed by atoms with Crippen LogP contribution in [-0.4, -0.2) is 18.6 Å². The molecule has 2 heterocycles. The lowest BCUT2D eigenvalue weighted by atomic mass is 10.1. The molecule has 0 saturated carbocycles. The summed E-state index contributed by atoms with van der Waals surface area (Å²) in [7, 11) is -3.76. The van der Waals surface area contributed by atoms with Crippen molar-refractivity contribution in [1.82, 2.24) is 10.2 Å². The number of nitriles is 1. The fourth-order valence-corrected chi connectivity index (χ4v) is 4.24. The molecule has 0 aliphatic carbocycles. The van der Waals surface area contributed by atoms with E-state index in [-0.39, 0.29) is 16.1 Å². The molecule has 0 atom stereocenters. The molecule has 0 radical (unpaired) electrons. The number of hydrogen-bond acceptors (Lipinski definition) is 7. The van der Waals surface area contributed by atoms with Gasteiger partial charge in [0.15, 0.2) is 0 Å². The second kappa shape index (κ2) is 5.83. The summed E-state index contributed by atoms with van der Waals surface area (Å²) in [6.45, 7) is 1.71. The van der Waals surface area contributed by atoms with Crippen molar-refractivity contribution < 1.29 is 12.8 Å². The first-order valence-corrected chi connectivity index (χ1v) is 8.77. The maximum Gasteiger partial charge on any atom is 0.330 e. The van der Waals surface area contributed by atoms with Crippen LogP contribution in [0, 0.1) is 18.3 Å². The van der Waals surface area contributed by atoms with E-state index in [1.807, 2.05) is 6.07 Å². The normalized spacial score (nSPS) is 11.1. The number of hydrogen-bond donors (Lipinski definition) is 1. The van der Waals surface area contributed by atoms with Crippen LogP contribution < -0.4 is 4.72 Å². The molecule has 0 aliphatic rings. The number of sulfonamides is 1. The van der Waals surface area contributed by atoms with E-state index in [4.69, 9.17) is 9.68 Å². The van der Waals surface area contributed by atoms with E-state index < -0.39 is 10.0 Å². The van der Waals surface area contributed by atoms with Crippen LogP contribution in [0.25, 0.3) is 11.5 Å².